The summed E-state index contributed by atoms with van der Waals surface area (Å²) in [5, 5.41) is 13.4. The Morgan fingerprint density at radius 3 is 2.93 bits per heavy atom. The first-order valence-corrected chi connectivity index (χ1v) is 4.41. The molecule has 0 heterocycles. The van der Waals surface area contributed by atoms with Crippen LogP contribution in [0.5, 0.6) is 0 Å². The minimum absolute atomic E-state index is 0.273. The Balaban J connectivity index is 3.06. The summed E-state index contributed by atoms with van der Waals surface area (Å²) in [6, 6.07) is 4.03. The molecule has 1 rings (SSSR count). The van der Waals surface area contributed by atoms with Crippen molar-refractivity contribution >= 4 is 11.8 Å². The van der Waals surface area contributed by atoms with Crippen LogP contribution in [0.2, 0.25) is 0 Å². The summed E-state index contributed by atoms with van der Waals surface area (Å²) < 4.78 is 13.1. The topological polar surface area (TPSA) is 55.2 Å². The van der Waals surface area contributed by atoms with E-state index in [2.05, 4.69) is 5.32 Å². The van der Waals surface area contributed by atoms with Crippen LogP contribution in [0, 0.1) is 15.9 Å². The Morgan fingerprint density at radius 2 is 2.33 bits per heavy atom. The molecular weight excluding hydrogens is 199 g/mol. The Bertz CT molecular complexity index is 391. The summed E-state index contributed by atoms with van der Waals surface area (Å²) in [5.41, 5.74) is -0.208. The number of hydrogen-bond donors (Lipinski definition) is 1. The van der Waals surface area contributed by atoms with Crippen LogP contribution in [-0.2, 0) is 0 Å². The Hall–Kier alpha value is -1.75. The maximum atomic E-state index is 13.1. The van der Waals surface area contributed by atoms with Crippen molar-refractivity contribution in [1.82, 2.24) is 5.32 Å². The Kier molecular flexibility index (Phi) is 3.93. The number of benzene rings is 1. The van der Waals surface area contributed by atoms with Crippen LogP contribution in [0.25, 0.3) is 6.08 Å². The number of nitro groups is 1. The van der Waals surface area contributed by atoms with E-state index in [1.807, 2.05) is 0 Å². The van der Waals surface area contributed by atoms with Crippen molar-refractivity contribution < 1.29 is 9.31 Å². The van der Waals surface area contributed by atoms with Crippen molar-refractivity contribution in [3.8, 4) is 0 Å². The smallest absolute Gasteiger partial charge is 0.311 e. The fourth-order valence-electron chi connectivity index (χ4n) is 1.16. The first-order valence-electron chi connectivity index (χ1n) is 4.41. The van der Waals surface area contributed by atoms with Crippen LogP contribution in [0.4, 0.5) is 10.1 Å². The van der Waals surface area contributed by atoms with Gasteiger partial charge in [-0.05, 0) is 19.2 Å². The van der Waals surface area contributed by atoms with Crippen LogP contribution in [-0.4, -0.2) is 18.5 Å². The molecule has 0 unspecified atom stereocenters. The third-order valence-corrected chi connectivity index (χ3v) is 1.82. The summed E-state index contributed by atoms with van der Waals surface area (Å²) >= 11 is 0. The summed E-state index contributed by atoms with van der Waals surface area (Å²) in [5.74, 6) is -0.813. The molecule has 1 aromatic rings. The monoisotopic (exact) mass is 210 g/mol. The lowest BCUT2D eigenvalue weighted by molar-refractivity contribution is -0.387. The number of likely N-dealkylation sites (N-methyl/N-ethyl adjacent to an activating group) is 1. The molecule has 80 valence electrons. The first-order chi connectivity index (χ1) is 7.16. The van der Waals surface area contributed by atoms with Crippen molar-refractivity contribution in [2.24, 2.45) is 0 Å². The van der Waals surface area contributed by atoms with Gasteiger partial charge < -0.3 is 5.32 Å². The molecule has 0 aliphatic carbocycles. The molecule has 0 atom stereocenters. The average Bonchev–Trinajstić information content (AvgIpc) is 2.17. The van der Waals surface area contributed by atoms with Gasteiger partial charge in [-0.2, -0.15) is 4.39 Å². The summed E-state index contributed by atoms with van der Waals surface area (Å²) in [4.78, 5) is 9.88. The summed E-state index contributed by atoms with van der Waals surface area (Å²) in [6.07, 6.45) is 3.22. The number of hydrogen-bond acceptors (Lipinski definition) is 3. The van der Waals surface area contributed by atoms with Crippen LogP contribution < -0.4 is 5.32 Å². The largest absolute Gasteiger partial charge is 0.316 e. The van der Waals surface area contributed by atoms with Gasteiger partial charge in [-0.3, -0.25) is 10.1 Å². The number of nitrogens with zero attached hydrogens (tertiary/aromatic N) is 1. The molecule has 0 bridgehead atoms. The van der Waals surface area contributed by atoms with Crippen LogP contribution in [0.15, 0.2) is 24.3 Å². The highest BCUT2D eigenvalue weighted by molar-refractivity contribution is 5.61. The van der Waals surface area contributed by atoms with Crippen molar-refractivity contribution in [2.45, 2.75) is 0 Å². The van der Waals surface area contributed by atoms with E-state index < -0.39 is 16.4 Å². The molecule has 0 saturated heterocycles. The lowest BCUT2D eigenvalue weighted by atomic mass is 10.1. The van der Waals surface area contributed by atoms with E-state index in [0.29, 0.717) is 6.54 Å². The summed E-state index contributed by atoms with van der Waals surface area (Å²) in [7, 11) is 1.75. The van der Waals surface area contributed by atoms with Gasteiger partial charge >= 0.3 is 5.69 Å². The highest BCUT2D eigenvalue weighted by Gasteiger charge is 2.17. The number of nitro benzene ring substituents is 1. The van der Waals surface area contributed by atoms with Gasteiger partial charge in [0.05, 0.1) is 10.5 Å². The zero-order valence-corrected chi connectivity index (χ0v) is 8.24. The molecular formula is C10H11FN2O2. The molecule has 0 fully saturated rings. The zero-order chi connectivity index (χ0) is 11.3. The van der Waals surface area contributed by atoms with Crippen LogP contribution in [0.3, 0.4) is 0 Å². The molecule has 0 radical (unpaired) electrons. The highest BCUT2D eigenvalue weighted by atomic mass is 19.1. The van der Waals surface area contributed by atoms with Crippen molar-refractivity contribution in [1.29, 1.82) is 0 Å². The molecule has 0 saturated carbocycles. The summed E-state index contributed by atoms with van der Waals surface area (Å²) in [6.45, 7) is 0.577. The molecule has 0 aromatic heterocycles. The van der Waals surface area contributed by atoms with Gasteiger partial charge in [0.15, 0.2) is 0 Å². The maximum Gasteiger partial charge on any atom is 0.311 e. The van der Waals surface area contributed by atoms with E-state index in [4.69, 9.17) is 0 Å². The SMILES string of the molecule is CNCC=Cc1cccc(F)c1[N+](=O)[O-]. The van der Waals surface area contributed by atoms with Crippen molar-refractivity contribution in [3.05, 3.63) is 45.8 Å². The van der Waals surface area contributed by atoms with E-state index in [0.717, 1.165) is 6.07 Å². The van der Waals surface area contributed by atoms with Crippen LogP contribution >= 0.6 is 0 Å². The van der Waals surface area contributed by atoms with Gasteiger partial charge in [-0.15, -0.1) is 0 Å². The minimum atomic E-state index is -0.813. The van der Waals surface area contributed by atoms with E-state index in [9.17, 15) is 14.5 Å². The van der Waals surface area contributed by atoms with Gasteiger partial charge in [-0.25, -0.2) is 0 Å². The molecule has 4 nitrogen and oxygen atoms in total. The van der Waals surface area contributed by atoms with Crippen LogP contribution in [0.1, 0.15) is 5.56 Å². The van der Waals surface area contributed by atoms with Gasteiger partial charge in [0.2, 0.25) is 5.82 Å². The predicted molar refractivity (Wildman–Crippen MR) is 56.0 cm³/mol. The molecule has 0 amide bonds. The molecule has 0 spiro atoms. The van der Waals surface area contributed by atoms with E-state index in [-0.39, 0.29) is 5.56 Å². The molecule has 0 aliphatic heterocycles. The number of rotatable bonds is 4. The van der Waals surface area contributed by atoms with Gasteiger partial charge in [0.25, 0.3) is 0 Å². The third kappa shape index (κ3) is 2.85. The normalized spacial score (nSPS) is 10.8. The molecule has 15 heavy (non-hydrogen) atoms. The van der Waals surface area contributed by atoms with E-state index in [1.54, 1.807) is 13.1 Å². The average molecular weight is 210 g/mol. The maximum absolute atomic E-state index is 13.1. The van der Waals surface area contributed by atoms with E-state index >= 15 is 0 Å². The van der Waals surface area contributed by atoms with Gasteiger partial charge in [0, 0.05) is 6.54 Å². The second kappa shape index (κ2) is 5.21. The van der Waals surface area contributed by atoms with Crippen molar-refractivity contribution in [3.63, 3.8) is 0 Å². The van der Waals surface area contributed by atoms with Gasteiger partial charge in [-0.1, -0.05) is 18.2 Å². The first kappa shape index (κ1) is 11.3. The quantitative estimate of drug-likeness (QED) is 0.610. The molecule has 5 heteroatoms. The minimum Gasteiger partial charge on any atom is -0.316 e. The second-order valence-corrected chi connectivity index (χ2v) is 2.89. The van der Waals surface area contributed by atoms with E-state index in [1.165, 1.54) is 18.2 Å². The Labute approximate surface area is 86.6 Å². The van der Waals surface area contributed by atoms with Crippen molar-refractivity contribution in [2.75, 3.05) is 13.6 Å². The lowest BCUT2D eigenvalue weighted by Crippen LogP contribution is -2.04. The second-order valence-electron chi connectivity index (χ2n) is 2.89. The van der Waals surface area contributed by atoms with Gasteiger partial charge in [0.1, 0.15) is 0 Å². The fraction of sp³-hybridized carbons (Fsp3) is 0.200. The number of para-hydroxylation sites is 1. The number of nitrogens with one attached hydrogen (secondary N) is 1. The standard InChI is InChI=1S/C10H11FN2O2/c1-12-7-3-5-8-4-2-6-9(11)10(8)13(14)15/h2-6,12H,7H2,1H3. The zero-order valence-electron chi connectivity index (χ0n) is 8.24. The lowest BCUT2D eigenvalue weighted by Gasteiger charge is -1.98. The Morgan fingerprint density at radius 1 is 1.60 bits per heavy atom. The molecule has 1 aromatic carbocycles. The fourth-order valence-corrected chi connectivity index (χ4v) is 1.16. The molecule has 1 N–H and O–H groups in total. The predicted octanol–water partition coefficient (Wildman–Crippen LogP) is 1.97. The third-order valence-electron chi connectivity index (χ3n) is 1.82. The highest BCUT2D eigenvalue weighted by Crippen LogP contribution is 2.23. The number of halogens is 1. The molecule has 0 aliphatic rings.